The van der Waals surface area contributed by atoms with Gasteiger partial charge in [0.2, 0.25) is 0 Å². The van der Waals surface area contributed by atoms with Crippen LogP contribution in [-0.2, 0) is 4.79 Å². The van der Waals surface area contributed by atoms with Crippen LogP contribution in [0, 0.1) is 11.8 Å². The number of hydrogen-bond acceptors (Lipinski definition) is 3. The van der Waals surface area contributed by atoms with Crippen LogP contribution < -0.4 is 0 Å². The summed E-state index contributed by atoms with van der Waals surface area (Å²) >= 11 is 0. The minimum absolute atomic E-state index is 0.234. The monoisotopic (exact) mass is 190 g/mol. The van der Waals surface area contributed by atoms with Gasteiger partial charge >= 0.3 is 5.97 Å². The van der Waals surface area contributed by atoms with Gasteiger partial charge in [0.15, 0.2) is 6.29 Å². The summed E-state index contributed by atoms with van der Waals surface area (Å²) in [6.07, 6.45) is 0.410. The summed E-state index contributed by atoms with van der Waals surface area (Å²) in [5.74, 6) is 3.01. The molecule has 0 unspecified atom stereocenters. The number of carboxylic acid groups (broad SMARTS) is 1. The molecule has 0 saturated carbocycles. The van der Waals surface area contributed by atoms with Gasteiger partial charge in [-0.1, -0.05) is 5.92 Å². The van der Waals surface area contributed by atoms with Crippen LogP contribution in [0.4, 0.5) is 0 Å². The van der Waals surface area contributed by atoms with Crippen LogP contribution in [0.25, 0.3) is 0 Å². The smallest absolute Gasteiger partial charge is 0.339 e. The van der Waals surface area contributed by atoms with Crippen molar-refractivity contribution in [2.24, 2.45) is 0 Å². The molecule has 14 heavy (non-hydrogen) atoms. The van der Waals surface area contributed by atoms with Crippen molar-refractivity contribution >= 4 is 12.3 Å². The predicted octanol–water partition coefficient (Wildman–Crippen LogP) is 0.641. The topological polar surface area (TPSA) is 74.6 Å². The zero-order valence-electron chi connectivity index (χ0n) is 7.02. The van der Waals surface area contributed by atoms with Crippen LogP contribution in [-0.4, -0.2) is 22.5 Å². The normalized spacial score (nSPS) is 8.57. The molecule has 70 valence electrons. The fourth-order valence-electron chi connectivity index (χ4n) is 0.898. The molecule has 0 aromatic heterocycles. The van der Waals surface area contributed by atoms with Crippen LogP contribution >= 0.6 is 0 Å². The molecular weight excluding hydrogens is 184 g/mol. The van der Waals surface area contributed by atoms with Gasteiger partial charge in [0.1, 0.15) is 11.3 Å². The molecule has 0 aliphatic heterocycles. The Kier molecular flexibility index (Phi) is 2.87. The molecule has 2 N–H and O–H groups in total. The van der Waals surface area contributed by atoms with Gasteiger partial charge in [-0.15, -0.1) is 0 Å². The second-order valence-corrected chi connectivity index (χ2v) is 2.42. The Balaban J connectivity index is 3.19. The Morgan fingerprint density at radius 2 is 2.14 bits per heavy atom. The molecule has 0 bridgehead atoms. The Morgan fingerprint density at radius 1 is 1.43 bits per heavy atom. The van der Waals surface area contributed by atoms with Gasteiger partial charge in [0.25, 0.3) is 0 Å². The third-order valence-electron chi connectivity index (χ3n) is 1.50. The van der Waals surface area contributed by atoms with E-state index < -0.39 is 5.97 Å². The van der Waals surface area contributed by atoms with Crippen LogP contribution in [0.15, 0.2) is 18.2 Å². The van der Waals surface area contributed by atoms with Crippen molar-refractivity contribution in [3.63, 3.8) is 0 Å². The largest absolute Gasteiger partial charge is 0.507 e. The second-order valence-electron chi connectivity index (χ2n) is 2.42. The summed E-state index contributed by atoms with van der Waals surface area (Å²) in [5, 5.41) is 17.8. The molecule has 0 aliphatic carbocycles. The maximum atomic E-state index is 10.6. The zero-order chi connectivity index (χ0) is 10.6. The van der Waals surface area contributed by atoms with E-state index in [2.05, 4.69) is 11.8 Å². The van der Waals surface area contributed by atoms with Gasteiger partial charge in [-0.3, -0.25) is 4.79 Å². The molecule has 0 atom stereocenters. The van der Waals surface area contributed by atoms with Gasteiger partial charge in [-0.25, -0.2) is 4.79 Å². The van der Waals surface area contributed by atoms with Gasteiger partial charge in [-0.05, 0) is 24.1 Å². The van der Waals surface area contributed by atoms with Crippen LogP contribution in [0.1, 0.15) is 15.9 Å². The Morgan fingerprint density at radius 3 is 2.71 bits per heavy atom. The highest BCUT2D eigenvalue weighted by atomic mass is 16.4. The molecule has 0 aliphatic rings. The molecule has 0 fully saturated rings. The number of carbonyl (C=O) groups is 2. The van der Waals surface area contributed by atoms with E-state index in [1.165, 1.54) is 18.2 Å². The van der Waals surface area contributed by atoms with Crippen LogP contribution in [0.5, 0.6) is 5.75 Å². The third-order valence-corrected chi connectivity index (χ3v) is 1.50. The third kappa shape index (κ3) is 2.11. The fourth-order valence-corrected chi connectivity index (χ4v) is 0.898. The molecule has 0 heterocycles. The molecule has 1 aromatic carbocycles. The minimum atomic E-state index is -1.24. The molecule has 1 rings (SSSR count). The number of aromatic hydroxyl groups is 1. The van der Waals surface area contributed by atoms with Crippen molar-refractivity contribution in [3.8, 4) is 17.6 Å². The predicted molar refractivity (Wildman–Crippen MR) is 48.0 cm³/mol. The lowest BCUT2D eigenvalue weighted by Crippen LogP contribution is -1.97. The fraction of sp³-hybridized carbons (Fsp3) is 0. The lowest BCUT2D eigenvalue weighted by Gasteiger charge is -1.98. The number of rotatable bonds is 1. The molecule has 1 aromatic rings. The molecule has 0 amide bonds. The Hall–Kier alpha value is -2.28. The number of hydrogen-bond donors (Lipinski definition) is 2. The first-order valence-corrected chi connectivity index (χ1v) is 3.66. The summed E-state index contributed by atoms with van der Waals surface area (Å²) in [4.78, 5) is 20.5. The van der Waals surface area contributed by atoms with E-state index in [0.717, 1.165) is 0 Å². The standard InChI is InChI=1S/C10H6O4/c11-5-1-2-7-3-4-9(12)8(6-7)10(13)14/h3-6,12H,(H,13,14). The lowest BCUT2D eigenvalue weighted by atomic mass is 10.1. The second kappa shape index (κ2) is 4.10. The molecular formula is C10H6O4. The number of phenols is 1. The number of aldehydes is 1. The van der Waals surface area contributed by atoms with Gasteiger partial charge in [0, 0.05) is 5.56 Å². The summed E-state index contributed by atoms with van der Waals surface area (Å²) in [6.45, 7) is 0. The average molecular weight is 190 g/mol. The zero-order valence-corrected chi connectivity index (χ0v) is 7.02. The summed E-state index contributed by atoms with van der Waals surface area (Å²) < 4.78 is 0. The maximum absolute atomic E-state index is 10.6. The van der Waals surface area contributed by atoms with E-state index in [9.17, 15) is 9.59 Å². The summed E-state index contributed by atoms with van der Waals surface area (Å²) in [6, 6.07) is 3.85. The van der Waals surface area contributed by atoms with E-state index in [0.29, 0.717) is 11.8 Å². The number of aromatic carboxylic acids is 1. The first kappa shape index (κ1) is 9.81. The van der Waals surface area contributed by atoms with Crippen molar-refractivity contribution in [1.82, 2.24) is 0 Å². The highest BCUT2D eigenvalue weighted by Crippen LogP contribution is 2.17. The lowest BCUT2D eigenvalue weighted by molar-refractivity contribution is -0.103. The SMILES string of the molecule is O=CC#Cc1ccc(O)c(C(=O)O)c1. The van der Waals surface area contributed by atoms with E-state index in [-0.39, 0.29) is 11.3 Å². The summed E-state index contributed by atoms with van der Waals surface area (Å²) in [7, 11) is 0. The average Bonchev–Trinajstić information content (AvgIpc) is 2.16. The van der Waals surface area contributed by atoms with E-state index in [1.54, 1.807) is 0 Å². The van der Waals surface area contributed by atoms with Crippen molar-refractivity contribution in [3.05, 3.63) is 29.3 Å². The highest BCUT2D eigenvalue weighted by Gasteiger charge is 2.08. The molecule has 4 nitrogen and oxygen atoms in total. The Bertz CT molecular complexity index is 437. The van der Waals surface area contributed by atoms with Gasteiger partial charge in [-0.2, -0.15) is 0 Å². The maximum Gasteiger partial charge on any atom is 0.339 e. The van der Waals surface area contributed by atoms with E-state index >= 15 is 0 Å². The minimum Gasteiger partial charge on any atom is -0.507 e. The number of benzene rings is 1. The van der Waals surface area contributed by atoms with Crippen molar-refractivity contribution < 1.29 is 19.8 Å². The molecule has 0 radical (unpaired) electrons. The van der Waals surface area contributed by atoms with Crippen LogP contribution in [0.2, 0.25) is 0 Å². The van der Waals surface area contributed by atoms with Gasteiger partial charge < -0.3 is 10.2 Å². The summed E-state index contributed by atoms with van der Waals surface area (Å²) in [5.41, 5.74) is 0.134. The first-order valence-electron chi connectivity index (χ1n) is 3.66. The molecule has 0 spiro atoms. The van der Waals surface area contributed by atoms with E-state index in [4.69, 9.17) is 10.2 Å². The van der Waals surface area contributed by atoms with Crippen molar-refractivity contribution in [2.75, 3.05) is 0 Å². The quantitative estimate of drug-likeness (QED) is 0.503. The highest BCUT2D eigenvalue weighted by molar-refractivity contribution is 5.91. The molecule has 4 heteroatoms. The van der Waals surface area contributed by atoms with Crippen LogP contribution in [0.3, 0.4) is 0 Å². The number of carbonyl (C=O) groups excluding carboxylic acids is 1. The van der Waals surface area contributed by atoms with E-state index in [1.807, 2.05) is 0 Å². The van der Waals surface area contributed by atoms with Gasteiger partial charge in [0.05, 0.1) is 0 Å². The molecule has 0 saturated heterocycles. The Labute approximate surface area is 79.8 Å². The first-order chi connectivity index (χ1) is 6.65. The number of carboxylic acids is 1. The van der Waals surface area contributed by atoms with Crippen molar-refractivity contribution in [2.45, 2.75) is 0 Å². The van der Waals surface area contributed by atoms with Crippen molar-refractivity contribution in [1.29, 1.82) is 0 Å².